The van der Waals surface area contributed by atoms with E-state index in [4.69, 9.17) is 21.1 Å². The number of ether oxygens (including phenoxy) is 2. The zero-order valence-corrected chi connectivity index (χ0v) is 15.1. The fourth-order valence-electron chi connectivity index (χ4n) is 2.82. The fraction of sp³-hybridized carbons (Fsp3) is 0.316. The van der Waals surface area contributed by atoms with Crippen LogP contribution in [0.3, 0.4) is 0 Å². The Morgan fingerprint density at radius 1 is 1.20 bits per heavy atom. The quantitative estimate of drug-likeness (QED) is 0.902. The summed E-state index contributed by atoms with van der Waals surface area (Å²) in [5.41, 5.74) is 3.10. The summed E-state index contributed by atoms with van der Waals surface area (Å²) in [5, 5.41) is 3.41. The van der Waals surface area contributed by atoms with E-state index in [1.807, 2.05) is 31.2 Å². The molecule has 0 saturated carbocycles. The zero-order valence-electron chi connectivity index (χ0n) is 14.3. The smallest absolute Gasteiger partial charge is 0.257 e. The molecule has 0 bridgehead atoms. The molecule has 0 unspecified atom stereocenters. The van der Waals surface area contributed by atoms with Gasteiger partial charge in [-0.05, 0) is 36.8 Å². The maximum atomic E-state index is 12.7. The summed E-state index contributed by atoms with van der Waals surface area (Å²) in [6.45, 7) is 4.83. The number of nitrogens with zero attached hydrogens (tertiary/aromatic N) is 1. The second-order valence-electron chi connectivity index (χ2n) is 5.92. The van der Waals surface area contributed by atoms with Crippen molar-refractivity contribution in [3.05, 3.63) is 52.5 Å². The first kappa shape index (κ1) is 17.6. The lowest BCUT2D eigenvalue weighted by atomic mass is 10.1. The van der Waals surface area contributed by atoms with Gasteiger partial charge in [-0.2, -0.15) is 0 Å². The van der Waals surface area contributed by atoms with E-state index in [1.165, 1.54) is 0 Å². The summed E-state index contributed by atoms with van der Waals surface area (Å²) >= 11 is 6.23. The number of carbonyl (C=O) groups is 1. The third-order valence-electron chi connectivity index (χ3n) is 4.17. The van der Waals surface area contributed by atoms with Crippen LogP contribution >= 0.6 is 11.6 Å². The van der Waals surface area contributed by atoms with Crippen molar-refractivity contribution in [2.45, 2.75) is 6.92 Å². The van der Waals surface area contributed by atoms with Gasteiger partial charge in [0.05, 0.1) is 42.3 Å². The van der Waals surface area contributed by atoms with Crippen LogP contribution in [0.2, 0.25) is 5.02 Å². The Morgan fingerprint density at radius 2 is 1.96 bits per heavy atom. The molecule has 2 aromatic rings. The molecular formula is C19H21ClN2O3. The van der Waals surface area contributed by atoms with Crippen LogP contribution in [0.15, 0.2) is 36.4 Å². The van der Waals surface area contributed by atoms with Gasteiger partial charge in [-0.15, -0.1) is 0 Å². The highest BCUT2D eigenvalue weighted by atomic mass is 35.5. The standard InChI is InChI=1S/C19H21ClN2O3/c1-13-3-5-15(16(20)11-13)19(23)21-17-12-14(24-2)4-6-18(17)22-7-9-25-10-8-22/h3-6,11-12H,7-10H2,1-2H3,(H,21,23). The predicted molar refractivity (Wildman–Crippen MR) is 100 cm³/mol. The Kier molecular flexibility index (Phi) is 5.46. The second kappa shape index (κ2) is 7.76. The number of nitrogens with one attached hydrogen (secondary N) is 1. The minimum Gasteiger partial charge on any atom is -0.497 e. The van der Waals surface area contributed by atoms with Gasteiger partial charge < -0.3 is 19.7 Å². The summed E-state index contributed by atoms with van der Waals surface area (Å²) in [6.07, 6.45) is 0. The first-order valence-electron chi connectivity index (χ1n) is 8.16. The van der Waals surface area contributed by atoms with Crippen molar-refractivity contribution in [3.63, 3.8) is 0 Å². The Hall–Kier alpha value is -2.24. The lowest BCUT2D eigenvalue weighted by Crippen LogP contribution is -2.36. The third-order valence-corrected chi connectivity index (χ3v) is 4.49. The lowest BCUT2D eigenvalue weighted by molar-refractivity contribution is 0.102. The van der Waals surface area contributed by atoms with Crippen LogP contribution in [0.1, 0.15) is 15.9 Å². The van der Waals surface area contributed by atoms with Crippen LogP contribution in [-0.4, -0.2) is 39.3 Å². The predicted octanol–water partition coefficient (Wildman–Crippen LogP) is 3.75. The molecule has 0 spiro atoms. The minimum absolute atomic E-state index is 0.243. The Balaban J connectivity index is 1.90. The SMILES string of the molecule is COc1ccc(N2CCOCC2)c(NC(=O)c2ccc(C)cc2Cl)c1. The number of methoxy groups -OCH3 is 1. The number of hydrogen-bond donors (Lipinski definition) is 1. The Labute approximate surface area is 152 Å². The molecule has 2 aromatic carbocycles. The van der Waals surface area contributed by atoms with Crippen molar-refractivity contribution >= 4 is 28.9 Å². The molecule has 5 nitrogen and oxygen atoms in total. The van der Waals surface area contributed by atoms with Crippen LogP contribution in [0.25, 0.3) is 0 Å². The molecule has 132 valence electrons. The van der Waals surface area contributed by atoms with Crippen LogP contribution in [0, 0.1) is 6.92 Å². The monoisotopic (exact) mass is 360 g/mol. The van der Waals surface area contributed by atoms with E-state index in [-0.39, 0.29) is 5.91 Å². The minimum atomic E-state index is -0.243. The van der Waals surface area contributed by atoms with Gasteiger partial charge in [0.25, 0.3) is 5.91 Å². The highest BCUT2D eigenvalue weighted by Gasteiger charge is 2.18. The average Bonchev–Trinajstić information content (AvgIpc) is 2.62. The maximum absolute atomic E-state index is 12.7. The molecule has 0 atom stereocenters. The van der Waals surface area contributed by atoms with Gasteiger partial charge in [-0.25, -0.2) is 0 Å². The second-order valence-corrected chi connectivity index (χ2v) is 6.33. The van der Waals surface area contributed by atoms with Gasteiger partial charge in [0.15, 0.2) is 0 Å². The summed E-state index contributed by atoms with van der Waals surface area (Å²) in [7, 11) is 1.60. The van der Waals surface area contributed by atoms with Gasteiger partial charge in [0.1, 0.15) is 5.75 Å². The summed E-state index contributed by atoms with van der Waals surface area (Å²) in [5.74, 6) is 0.440. The Morgan fingerprint density at radius 3 is 2.64 bits per heavy atom. The van der Waals surface area contributed by atoms with Gasteiger partial charge >= 0.3 is 0 Å². The molecule has 1 amide bonds. The first-order chi connectivity index (χ1) is 12.1. The molecule has 6 heteroatoms. The number of amides is 1. The molecule has 1 N–H and O–H groups in total. The summed E-state index contributed by atoms with van der Waals surface area (Å²) in [4.78, 5) is 14.9. The number of rotatable bonds is 4. The number of benzene rings is 2. The van der Waals surface area contributed by atoms with Gasteiger partial charge in [0, 0.05) is 19.2 Å². The molecule has 0 radical (unpaired) electrons. The Bertz CT molecular complexity index is 773. The number of morpholine rings is 1. The van der Waals surface area contributed by atoms with E-state index in [9.17, 15) is 4.79 Å². The molecule has 25 heavy (non-hydrogen) atoms. The fourth-order valence-corrected chi connectivity index (χ4v) is 3.14. The van der Waals surface area contributed by atoms with E-state index >= 15 is 0 Å². The molecule has 3 rings (SSSR count). The number of aryl methyl sites for hydroxylation is 1. The van der Waals surface area contributed by atoms with Crippen molar-refractivity contribution in [2.24, 2.45) is 0 Å². The highest BCUT2D eigenvalue weighted by molar-refractivity contribution is 6.34. The van der Waals surface area contributed by atoms with E-state index < -0.39 is 0 Å². The molecular weight excluding hydrogens is 340 g/mol. The molecule has 0 aliphatic carbocycles. The topological polar surface area (TPSA) is 50.8 Å². The average molecular weight is 361 g/mol. The van der Waals surface area contributed by atoms with Crippen LogP contribution in [0.4, 0.5) is 11.4 Å². The first-order valence-corrected chi connectivity index (χ1v) is 8.54. The molecule has 1 fully saturated rings. The molecule has 1 saturated heterocycles. The molecule has 1 aliphatic rings. The number of hydrogen-bond acceptors (Lipinski definition) is 4. The number of halogens is 1. The van der Waals surface area contributed by atoms with E-state index in [0.717, 1.165) is 24.3 Å². The van der Waals surface area contributed by atoms with Crippen molar-refractivity contribution in [1.29, 1.82) is 0 Å². The van der Waals surface area contributed by atoms with Crippen LogP contribution in [0.5, 0.6) is 5.75 Å². The summed E-state index contributed by atoms with van der Waals surface area (Å²) < 4.78 is 10.7. The lowest BCUT2D eigenvalue weighted by Gasteiger charge is -2.30. The number of anilines is 2. The van der Waals surface area contributed by atoms with E-state index in [2.05, 4.69) is 10.2 Å². The van der Waals surface area contributed by atoms with Gasteiger partial charge in [-0.1, -0.05) is 17.7 Å². The normalized spacial score (nSPS) is 14.3. The third kappa shape index (κ3) is 4.06. The number of carbonyl (C=O) groups excluding carboxylic acids is 1. The van der Waals surface area contributed by atoms with Gasteiger partial charge in [0.2, 0.25) is 0 Å². The van der Waals surface area contributed by atoms with Crippen molar-refractivity contribution in [3.8, 4) is 5.75 Å². The van der Waals surface area contributed by atoms with Crippen LogP contribution in [-0.2, 0) is 4.74 Å². The van der Waals surface area contributed by atoms with Crippen molar-refractivity contribution in [1.82, 2.24) is 0 Å². The summed E-state index contributed by atoms with van der Waals surface area (Å²) in [6, 6.07) is 11.1. The van der Waals surface area contributed by atoms with Gasteiger partial charge in [-0.3, -0.25) is 4.79 Å². The molecule has 1 aliphatic heterocycles. The van der Waals surface area contributed by atoms with Crippen LogP contribution < -0.4 is 15.0 Å². The van der Waals surface area contributed by atoms with Crippen molar-refractivity contribution in [2.75, 3.05) is 43.6 Å². The van der Waals surface area contributed by atoms with E-state index in [1.54, 1.807) is 19.2 Å². The maximum Gasteiger partial charge on any atom is 0.257 e. The molecule has 0 aromatic heterocycles. The van der Waals surface area contributed by atoms with E-state index in [0.29, 0.717) is 35.2 Å². The zero-order chi connectivity index (χ0) is 17.8. The van der Waals surface area contributed by atoms with Crippen molar-refractivity contribution < 1.29 is 14.3 Å². The molecule has 1 heterocycles. The largest absolute Gasteiger partial charge is 0.497 e. The highest BCUT2D eigenvalue weighted by Crippen LogP contribution is 2.31.